The van der Waals surface area contributed by atoms with Crippen LogP contribution in [0.15, 0.2) is 0 Å². The Kier molecular flexibility index (Phi) is 11.6. The molecular weight excluding hydrogens is 488 g/mol. The molecule has 13 N–H and O–H groups in total. The summed E-state index contributed by atoms with van der Waals surface area (Å²) in [7, 11) is 0. The Morgan fingerprint density at radius 1 is 0.821 bits per heavy atom. The van der Waals surface area contributed by atoms with Crippen LogP contribution in [0.2, 0.25) is 0 Å². The molecule has 3 heterocycles. The summed E-state index contributed by atoms with van der Waals surface area (Å²) in [6, 6.07) is 0. The van der Waals surface area contributed by atoms with E-state index in [0.29, 0.717) is 0 Å². The van der Waals surface area contributed by atoms with Gasteiger partial charge in [0, 0.05) is 44.1 Å². The minimum absolute atomic E-state index is 0.314. The van der Waals surface area contributed by atoms with Crippen LogP contribution < -0.4 is 39.7 Å². The van der Waals surface area contributed by atoms with Crippen LogP contribution in [-0.2, 0) is 32.2 Å². The van der Waals surface area contributed by atoms with Crippen LogP contribution in [0.5, 0.6) is 0 Å². The zero-order valence-electron chi connectivity index (χ0n) is 24.5. The molecule has 39 heavy (non-hydrogen) atoms. The number of nitrogens with zero attached hydrogens (tertiary/aromatic N) is 3. The smallest absolute Gasteiger partial charge is 0.109 e. The van der Waals surface area contributed by atoms with Crippen LogP contribution in [0.25, 0.3) is 0 Å². The molecule has 0 radical (unpaired) electrons. The molecule has 10 nitrogen and oxygen atoms in total. The van der Waals surface area contributed by atoms with Gasteiger partial charge in [0.1, 0.15) is 18.9 Å². The Labute approximate surface area is 236 Å². The summed E-state index contributed by atoms with van der Waals surface area (Å²) in [4.78, 5) is 4.43. The van der Waals surface area contributed by atoms with Crippen LogP contribution in [-0.4, -0.2) is 66.0 Å². The molecule has 1 aromatic heterocycles. The maximum absolute atomic E-state index is 5.95. The third kappa shape index (κ3) is 8.02. The lowest BCUT2D eigenvalue weighted by molar-refractivity contribution is 0.106. The second-order valence-corrected chi connectivity index (χ2v) is 12.4. The fourth-order valence-electron chi connectivity index (χ4n) is 7.72. The number of piperidine rings is 2. The molecule has 224 valence electrons. The average molecular weight is 547 g/mol. The third-order valence-electron chi connectivity index (χ3n) is 9.98. The Morgan fingerprint density at radius 2 is 1.46 bits per heavy atom. The van der Waals surface area contributed by atoms with Crippen molar-refractivity contribution in [1.29, 1.82) is 0 Å². The van der Waals surface area contributed by atoms with Crippen LogP contribution >= 0.6 is 0 Å². The summed E-state index contributed by atoms with van der Waals surface area (Å²) in [5.41, 5.74) is 41.7. The molecule has 1 unspecified atom stereocenters. The van der Waals surface area contributed by atoms with Gasteiger partial charge in [-0.3, -0.25) is 15.1 Å². The normalized spacial score (nSPS) is 22.5. The van der Waals surface area contributed by atoms with Crippen molar-refractivity contribution >= 4 is 0 Å². The van der Waals surface area contributed by atoms with Crippen LogP contribution in [0.3, 0.4) is 0 Å². The second kappa shape index (κ2) is 14.7. The number of likely N-dealkylation sites (tertiary alicyclic amines) is 2. The van der Waals surface area contributed by atoms with Crippen molar-refractivity contribution < 1.29 is 0 Å². The lowest BCUT2D eigenvalue weighted by atomic mass is 9.74. The summed E-state index contributed by atoms with van der Waals surface area (Å²) < 4.78 is 2.71. The second-order valence-electron chi connectivity index (χ2n) is 12.4. The summed E-state index contributed by atoms with van der Waals surface area (Å²) in [5.74, 6) is 2.35. The molecule has 10 heteroatoms. The van der Waals surface area contributed by atoms with Gasteiger partial charge in [0.15, 0.2) is 0 Å². The highest BCUT2D eigenvalue weighted by molar-refractivity contribution is 5.41. The zero-order valence-corrected chi connectivity index (χ0v) is 24.5. The standard InChI is InChI=1S/C29H58N10/c1-2-23-24-19-22(21-11-17-38(18-12-21)29(34)35)7-8-26(24)39(14-4-13-36-27(30)31)25(23)6-3-5-20-9-15-37(16-10-20)28(32)33/h20-22,27-29,36H,2-19,30-35H2,1H3. The highest BCUT2D eigenvalue weighted by Crippen LogP contribution is 2.39. The van der Waals surface area contributed by atoms with E-state index in [4.69, 9.17) is 34.4 Å². The molecule has 3 aliphatic rings. The first-order valence-corrected chi connectivity index (χ1v) is 15.7. The molecule has 0 bridgehead atoms. The van der Waals surface area contributed by atoms with Gasteiger partial charge in [0.2, 0.25) is 0 Å². The van der Waals surface area contributed by atoms with Crippen molar-refractivity contribution in [2.75, 3.05) is 32.7 Å². The molecule has 0 aromatic carbocycles. The van der Waals surface area contributed by atoms with Crippen LogP contribution in [0.1, 0.15) is 80.8 Å². The zero-order chi connectivity index (χ0) is 27.9. The molecule has 2 fully saturated rings. The van der Waals surface area contributed by atoms with E-state index in [9.17, 15) is 0 Å². The van der Waals surface area contributed by atoms with Gasteiger partial charge < -0.3 is 39.0 Å². The third-order valence-corrected chi connectivity index (χ3v) is 9.98. The van der Waals surface area contributed by atoms with E-state index < -0.39 is 6.29 Å². The Hall–Kier alpha value is -1.08. The van der Waals surface area contributed by atoms with Gasteiger partial charge in [0.25, 0.3) is 0 Å². The number of hydrogen-bond donors (Lipinski definition) is 7. The number of fused-ring (bicyclic) bond motifs is 1. The van der Waals surface area contributed by atoms with E-state index in [-0.39, 0.29) is 12.6 Å². The molecular formula is C29H58N10. The summed E-state index contributed by atoms with van der Waals surface area (Å²) >= 11 is 0. The number of hydrogen-bond acceptors (Lipinski definition) is 9. The van der Waals surface area contributed by atoms with E-state index in [0.717, 1.165) is 69.9 Å². The molecule has 1 aromatic rings. The van der Waals surface area contributed by atoms with E-state index in [1.807, 2.05) is 0 Å². The molecule has 2 saturated heterocycles. The molecule has 4 rings (SSSR count). The average Bonchev–Trinajstić information content (AvgIpc) is 3.22. The molecule has 0 saturated carbocycles. The van der Waals surface area contributed by atoms with Crippen molar-refractivity contribution in [3.05, 3.63) is 22.5 Å². The number of aromatic nitrogens is 1. The van der Waals surface area contributed by atoms with Crippen LogP contribution in [0.4, 0.5) is 0 Å². The molecule has 0 amide bonds. The Bertz CT molecular complexity index is 866. The highest BCUT2D eigenvalue weighted by atomic mass is 15.3. The lowest BCUT2D eigenvalue weighted by Crippen LogP contribution is -2.52. The van der Waals surface area contributed by atoms with E-state index in [1.54, 1.807) is 22.5 Å². The van der Waals surface area contributed by atoms with Crippen LogP contribution in [0, 0.1) is 17.8 Å². The van der Waals surface area contributed by atoms with Crippen molar-refractivity contribution in [2.24, 2.45) is 52.2 Å². The Morgan fingerprint density at radius 3 is 2.05 bits per heavy atom. The maximum atomic E-state index is 5.95. The van der Waals surface area contributed by atoms with E-state index >= 15 is 0 Å². The van der Waals surface area contributed by atoms with Gasteiger partial charge in [-0.25, -0.2) is 0 Å². The van der Waals surface area contributed by atoms with Crippen molar-refractivity contribution in [3.8, 4) is 0 Å². The number of nitrogens with two attached hydrogens (primary N) is 6. The molecule has 0 spiro atoms. The molecule has 1 atom stereocenters. The van der Waals surface area contributed by atoms with E-state index in [2.05, 4.69) is 26.6 Å². The summed E-state index contributed by atoms with van der Waals surface area (Å²) in [6.45, 7) is 8.37. The van der Waals surface area contributed by atoms with Crippen molar-refractivity contribution in [1.82, 2.24) is 19.7 Å². The highest BCUT2D eigenvalue weighted by Gasteiger charge is 2.34. The van der Waals surface area contributed by atoms with E-state index in [1.165, 1.54) is 64.2 Å². The fourth-order valence-corrected chi connectivity index (χ4v) is 7.72. The minimum atomic E-state index is -0.449. The minimum Gasteiger partial charge on any atom is -0.348 e. The predicted octanol–water partition coefficient (Wildman–Crippen LogP) is 0.485. The van der Waals surface area contributed by atoms with Crippen molar-refractivity contribution in [2.45, 2.75) is 109 Å². The predicted molar refractivity (Wildman–Crippen MR) is 160 cm³/mol. The number of nitrogens with one attached hydrogen (secondary N) is 1. The quantitative estimate of drug-likeness (QED) is 0.137. The Balaban J connectivity index is 1.43. The van der Waals surface area contributed by atoms with Gasteiger partial charge in [0.05, 0.1) is 0 Å². The summed E-state index contributed by atoms with van der Waals surface area (Å²) in [5, 5.41) is 3.19. The maximum Gasteiger partial charge on any atom is 0.109 e. The SMILES string of the molecule is CCc1c2c(n(CCCNC(N)N)c1CCCC1CCN(C(N)N)CC1)CCC(C1CCN(C(N)N)CC1)C2. The first kappa shape index (κ1) is 30.9. The molecule has 1 aliphatic carbocycles. The largest absolute Gasteiger partial charge is 0.348 e. The first-order chi connectivity index (χ1) is 18.8. The van der Waals surface area contributed by atoms with Gasteiger partial charge in [-0.05, 0) is 112 Å². The molecule has 2 aliphatic heterocycles. The van der Waals surface area contributed by atoms with Crippen molar-refractivity contribution in [3.63, 3.8) is 0 Å². The van der Waals surface area contributed by atoms with Gasteiger partial charge in [-0.15, -0.1) is 0 Å². The van der Waals surface area contributed by atoms with Gasteiger partial charge in [-0.2, -0.15) is 0 Å². The summed E-state index contributed by atoms with van der Waals surface area (Å²) in [6.07, 6.45) is 13.4. The monoisotopic (exact) mass is 546 g/mol. The number of rotatable bonds is 13. The van der Waals surface area contributed by atoms with Gasteiger partial charge >= 0.3 is 0 Å². The van der Waals surface area contributed by atoms with Gasteiger partial charge in [-0.1, -0.05) is 6.92 Å². The lowest BCUT2D eigenvalue weighted by Gasteiger charge is -2.39. The first-order valence-electron chi connectivity index (χ1n) is 15.7. The fraction of sp³-hybridized carbons (Fsp3) is 0.862. The topological polar surface area (TPSA) is 180 Å².